The average molecular weight is 262 g/mol. The van der Waals surface area contributed by atoms with Crippen molar-refractivity contribution < 1.29 is 14.3 Å². The van der Waals surface area contributed by atoms with Gasteiger partial charge < -0.3 is 20.5 Å². The van der Waals surface area contributed by atoms with E-state index < -0.39 is 5.91 Å². The van der Waals surface area contributed by atoms with E-state index in [0.717, 1.165) is 25.1 Å². The maximum absolute atomic E-state index is 10.6. The second-order valence-corrected chi connectivity index (χ2v) is 4.37. The van der Waals surface area contributed by atoms with Crippen LogP contribution in [0.1, 0.15) is 12.8 Å². The molecule has 1 aromatic carbocycles. The number of nitrogens with two attached hydrogens (primary N) is 1. The van der Waals surface area contributed by atoms with E-state index in [0.29, 0.717) is 5.75 Å². The zero-order valence-electron chi connectivity index (χ0n) is 10.7. The van der Waals surface area contributed by atoms with E-state index in [2.05, 4.69) is 5.32 Å². The van der Waals surface area contributed by atoms with Crippen molar-refractivity contribution in [1.29, 1.82) is 0 Å². The number of ether oxygens (including phenoxy) is 2. The Labute approximate surface area is 112 Å². The molecule has 0 aliphatic carbocycles. The Morgan fingerprint density at radius 1 is 1.42 bits per heavy atom. The lowest BCUT2D eigenvalue weighted by molar-refractivity contribution is -0.119. The molecule has 0 fully saturated rings. The molecule has 1 amide bonds. The molecule has 1 aromatic rings. The molecule has 0 saturated heterocycles. The molecular formula is C14H18N2O3. The van der Waals surface area contributed by atoms with Crippen LogP contribution in [0.4, 0.5) is 5.69 Å². The molecule has 5 nitrogen and oxygen atoms in total. The topological polar surface area (TPSA) is 73.6 Å². The number of benzene rings is 1. The third-order valence-electron chi connectivity index (χ3n) is 2.79. The Morgan fingerprint density at radius 3 is 2.84 bits per heavy atom. The minimum atomic E-state index is -0.482. The van der Waals surface area contributed by atoms with Gasteiger partial charge in [-0.2, -0.15) is 0 Å². The fourth-order valence-corrected chi connectivity index (χ4v) is 1.79. The molecular weight excluding hydrogens is 244 g/mol. The number of rotatable bonds is 6. The largest absolute Gasteiger partial charge is 0.497 e. The Bertz CT molecular complexity index is 443. The zero-order chi connectivity index (χ0) is 13.5. The molecule has 3 N–H and O–H groups in total. The van der Waals surface area contributed by atoms with Crippen LogP contribution in [0.3, 0.4) is 0 Å². The van der Waals surface area contributed by atoms with Crippen molar-refractivity contribution in [3.05, 3.63) is 36.6 Å². The SMILES string of the molecule is NC(=O)COc1ccc(NCC2CCC=CO2)cc1. The van der Waals surface area contributed by atoms with Crippen LogP contribution in [-0.4, -0.2) is 25.2 Å². The van der Waals surface area contributed by atoms with E-state index in [1.165, 1.54) is 0 Å². The van der Waals surface area contributed by atoms with Gasteiger partial charge in [0.05, 0.1) is 12.8 Å². The van der Waals surface area contributed by atoms with E-state index >= 15 is 0 Å². The van der Waals surface area contributed by atoms with Gasteiger partial charge in [-0.25, -0.2) is 0 Å². The molecule has 0 radical (unpaired) electrons. The Morgan fingerprint density at radius 2 is 2.21 bits per heavy atom. The maximum Gasteiger partial charge on any atom is 0.255 e. The van der Waals surface area contributed by atoms with Crippen LogP contribution < -0.4 is 15.8 Å². The molecule has 1 unspecified atom stereocenters. The minimum absolute atomic E-state index is 0.102. The summed E-state index contributed by atoms with van der Waals surface area (Å²) in [6.45, 7) is 0.668. The van der Waals surface area contributed by atoms with Crippen molar-refractivity contribution >= 4 is 11.6 Å². The minimum Gasteiger partial charge on any atom is -0.497 e. The van der Waals surface area contributed by atoms with E-state index in [4.69, 9.17) is 15.2 Å². The number of hydrogen-bond donors (Lipinski definition) is 2. The highest BCUT2D eigenvalue weighted by Gasteiger charge is 2.10. The lowest BCUT2D eigenvalue weighted by Crippen LogP contribution is -2.23. The van der Waals surface area contributed by atoms with Crippen LogP contribution in [0.2, 0.25) is 0 Å². The van der Waals surface area contributed by atoms with Crippen LogP contribution in [0.25, 0.3) is 0 Å². The Hall–Kier alpha value is -2.17. The summed E-state index contributed by atoms with van der Waals surface area (Å²) in [4.78, 5) is 10.6. The van der Waals surface area contributed by atoms with Gasteiger partial charge in [0.15, 0.2) is 6.61 Å². The summed E-state index contributed by atoms with van der Waals surface area (Å²) in [5.74, 6) is 0.144. The number of primary amides is 1. The van der Waals surface area contributed by atoms with Gasteiger partial charge in [0, 0.05) is 5.69 Å². The second-order valence-electron chi connectivity index (χ2n) is 4.37. The second kappa shape index (κ2) is 6.68. The van der Waals surface area contributed by atoms with Gasteiger partial charge in [-0.3, -0.25) is 4.79 Å². The molecule has 1 heterocycles. The van der Waals surface area contributed by atoms with Crippen LogP contribution in [0.5, 0.6) is 5.75 Å². The lowest BCUT2D eigenvalue weighted by Gasteiger charge is -2.20. The maximum atomic E-state index is 10.6. The summed E-state index contributed by atoms with van der Waals surface area (Å²) < 4.78 is 10.6. The van der Waals surface area contributed by atoms with E-state index in [-0.39, 0.29) is 12.7 Å². The average Bonchev–Trinajstić information content (AvgIpc) is 2.45. The monoisotopic (exact) mass is 262 g/mol. The van der Waals surface area contributed by atoms with Crippen LogP contribution in [0, 0.1) is 0 Å². The fourth-order valence-electron chi connectivity index (χ4n) is 1.79. The first-order chi connectivity index (χ1) is 9.24. The van der Waals surface area contributed by atoms with Gasteiger partial charge in [-0.05, 0) is 43.2 Å². The highest BCUT2D eigenvalue weighted by Crippen LogP contribution is 2.17. The van der Waals surface area contributed by atoms with E-state index in [1.54, 1.807) is 18.4 Å². The van der Waals surface area contributed by atoms with Gasteiger partial charge in [0.25, 0.3) is 5.91 Å². The number of hydrogen-bond acceptors (Lipinski definition) is 4. The summed E-state index contributed by atoms with van der Waals surface area (Å²) in [6, 6.07) is 7.39. The van der Waals surface area contributed by atoms with E-state index in [1.807, 2.05) is 18.2 Å². The van der Waals surface area contributed by atoms with Gasteiger partial charge in [-0.1, -0.05) is 0 Å². The highest BCUT2D eigenvalue weighted by molar-refractivity contribution is 5.75. The molecule has 1 aliphatic rings. The van der Waals surface area contributed by atoms with Crippen molar-refractivity contribution in [1.82, 2.24) is 0 Å². The summed E-state index contributed by atoms with van der Waals surface area (Å²) >= 11 is 0. The lowest BCUT2D eigenvalue weighted by atomic mass is 10.1. The highest BCUT2D eigenvalue weighted by atomic mass is 16.5. The van der Waals surface area contributed by atoms with Crippen LogP contribution in [-0.2, 0) is 9.53 Å². The summed E-state index contributed by atoms with van der Waals surface area (Å²) in [7, 11) is 0. The Kier molecular flexibility index (Phi) is 4.66. The molecule has 1 aliphatic heterocycles. The smallest absolute Gasteiger partial charge is 0.255 e. The van der Waals surface area contributed by atoms with Crippen LogP contribution in [0.15, 0.2) is 36.6 Å². The van der Waals surface area contributed by atoms with Crippen molar-refractivity contribution in [2.75, 3.05) is 18.5 Å². The fraction of sp³-hybridized carbons (Fsp3) is 0.357. The molecule has 1 atom stereocenters. The molecule has 102 valence electrons. The van der Waals surface area contributed by atoms with Gasteiger partial charge in [0.2, 0.25) is 0 Å². The number of nitrogens with one attached hydrogen (secondary N) is 1. The van der Waals surface area contributed by atoms with Gasteiger partial charge in [0.1, 0.15) is 11.9 Å². The predicted octanol–water partition coefficient (Wildman–Crippen LogP) is 1.66. The van der Waals surface area contributed by atoms with Crippen molar-refractivity contribution in [3.8, 4) is 5.75 Å². The van der Waals surface area contributed by atoms with Crippen molar-refractivity contribution in [2.24, 2.45) is 5.73 Å². The third-order valence-corrected chi connectivity index (χ3v) is 2.79. The van der Waals surface area contributed by atoms with Crippen LogP contribution >= 0.6 is 0 Å². The molecule has 0 bridgehead atoms. The van der Waals surface area contributed by atoms with Crippen molar-refractivity contribution in [2.45, 2.75) is 18.9 Å². The normalized spacial score (nSPS) is 17.6. The first-order valence-electron chi connectivity index (χ1n) is 6.29. The number of carbonyl (C=O) groups excluding carboxylic acids is 1. The zero-order valence-corrected chi connectivity index (χ0v) is 10.7. The number of carbonyl (C=O) groups is 1. The van der Waals surface area contributed by atoms with Gasteiger partial charge in [-0.15, -0.1) is 0 Å². The van der Waals surface area contributed by atoms with E-state index in [9.17, 15) is 4.79 Å². The summed E-state index contributed by atoms with van der Waals surface area (Å²) in [6.07, 6.45) is 6.10. The number of anilines is 1. The molecule has 0 spiro atoms. The quantitative estimate of drug-likeness (QED) is 0.817. The molecule has 19 heavy (non-hydrogen) atoms. The molecule has 0 saturated carbocycles. The Balaban J connectivity index is 1.78. The summed E-state index contributed by atoms with van der Waals surface area (Å²) in [5.41, 5.74) is 6.00. The number of amides is 1. The van der Waals surface area contributed by atoms with Gasteiger partial charge >= 0.3 is 0 Å². The summed E-state index contributed by atoms with van der Waals surface area (Å²) in [5, 5.41) is 3.30. The first-order valence-corrected chi connectivity index (χ1v) is 6.29. The predicted molar refractivity (Wildman–Crippen MR) is 72.9 cm³/mol. The third kappa shape index (κ3) is 4.54. The number of allylic oxidation sites excluding steroid dienone is 1. The molecule has 2 rings (SSSR count). The standard InChI is InChI=1S/C14H18N2O3/c15-14(17)10-19-12-6-4-11(5-7-12)16-9-13-3-1-2-8-18-13/h2,4-8,13,16H,1,3,9-10H2,(H2,15,17). The van der Waals surface area contributed by atoms with Crippen molar-refractivity contribution in [3.63, 3.8) is 0 Å². The first kappa shape index (κ1) is 13.3. The molecule has 0 aromatic heterocycles. The molecule has 5 heteroatoms.